The Labute approximate surface area is 158 Å². The number of carbonyl (C=O) groups is 1. The SMILES string of the molecule is CCOC(=O)CCCCCCNS(=O)(=O)CCc1ccc(C(C)C)cc1. The highest BCUT2D eigenvalue weighted by Crippen LogP contribution is 2.15. The fraction of sp³-hybridized carbons (Fsp3) is 0.650. The van der Waals surface area contributed by atoms with Crippen LogP contribution in [0.3, 0.4) is 0 Å². The third-order valence-electron chi connectivity index (χ3n) is 4.24. The number of ether oxygens (including phenoxy) is 1. The minimum absolute atomic E-state index is 0.108. The van der Waals surface area contributed by atoms with Crippen LogP contribution in [0.4, 0.5) is 0 Å². The zero-order valence-corrected chi connectivity index (χ0v) is 17.1. The van der Waals surface area contributed by atoms with E-state index in [4.69, 9.17) is 4.74 Å². The highest BCUT2D eigenvalue weighted by Gasteiger charge is 2.10. The quantitative estimate of drug-likeness (QED) is 0.415. The van der Waals surface area contributed by atoms with Gasteiger partial charge in [-0.3, -0.25) is 4.79 Å². The minimum Gasteiger partial charge on any atom is -0.466 e. The molecule has 1 aromatic carbocycles. The molecule has 1 aromatic rings. The molecule has 1 N–H and O–H groups in total. The van der Waals surface area contributed by atoms with Gasteiger partial charge in [0, 0.05) is 13.0 Å². The Bertz CT molecular complexity index is 624. The summed E-state index contributed by atoms with van der Waals surface area (Å²) in [4.78, 5) is 11.2. The van der Waals surface area contributed by atoms with Crippen LogP contribution in [0.15, 0.2) is 24.3 Å². The van der Waals surface area contributed by atoms with Crippen LogP contribution in [-0.2, 0) is 26.0 Å². The standard InChI is InChI=1S/C20H33NO4S/c1-4-25-20(22)9-7-5-6-8-15-21-26(23,24)16-14-18-10-12-19(13-11-18)17(2)3/h10-13,17,21H,4-9,14-16H2,1-3H3. The van der Waals surface area contributed by atoms with Gasteiger partial charge in [0.05, 0.1) is 12.4 Å². The maximum Gasteiger partial charge on any atom is 0.305 e. The fourth-order valence-corrected chi connectivity index (χ4v) is 3.71. The second kappa shape index (κ2) is 12.1. The lowest BCUT2D eigenvalue weighted by molar-refractivity contribution is -0.143. The molecule has 0 saturated heterocycles. The highest BCUT2D eigenvalue weighted by molar-refractivity contribution is 7.89. The average Bonchev–Trinajstić information content (AvgIpc) is 2.60. The van der Waals surface area contributed by atoms with E-state index in [-0.39, 0.29) is 11.7 Å². The van der Waals surface area contributed by atoms with Gasteiger partial charge in [0.25, 0.3) is 0 Å². The summed E-state index contributed by atoms with van der Waals surface area (Å²) in [6.07, 6.45) is 4.34. The molecule has 0 fully saturated rings. The summed E-state index contributed by atoms with van der Waals surface area (Å²) < 4.78 is 31.6. The number of unbranched alkanes of at least 4 members (excludes halogenated alkanes) is 3. The summed E-state index contributed by atoms with van der Waals surface area (Å²) >= 11 is 0. The van der Waals surface area contributed by atoms with E-state index in [1.165, 1.54) is 5.56 Å². The van der Waals surface area contributed by atoms with E-state index in [9.17, 15) is 13.2 Å². The van der Waals surface area contributed by atoms with Gasteiger partial charge in [0.2, 0.25) is 10.0 Å². The first-order valence-corrected chi connectivity index (χ1v) is 11.2. The number of rotatable bonds is 13. The lowest BCUT2D eigenvalue weighted by atomic mass is 10.0. The molecule has 0 amide bonds. The second-order valence-corrected chi connectivity index (χ2v) is 8.76. The minimum atomic E-state index is -3.24. The van der Waals surface area contributed by atoms with Crippen molar-refractivity contribution in [3.8, 4) is 0 Å². The molecule has 0 spiro atoms. The van der Waals surface area contributed by atoms with Gasteiger partial charge in [-0.2, -0.15) is 0 Å². The van der Waals surface area contributed by atoms with Gasteiger partial charge in [-0.05, 0) is 43.2 Å². The van der Waals surface area contributed by atoms with E-state index < -0.39 is 10.0 Å². The largest absolute Gasteiger partial charge is 0.466 e. The second-order valence-electron chi connectivity index (χ2n) is 6.83. The number of hydrogen-bond acceptors (Lipinski definition) is 4. The summed E-state index contributed by atoms with van der Waals surface area (Å²) in [7, 11) is -3.24. The van der Waals surface area contributed by atoms with Crippen LogP contribution in [0.2, 0.25) is 0 Å². The van der Waals surface area contributed by atoms with Crippen LogP contribution in [0, 0.1) is 0 Å². The van der Waals surface area contributed by atoms with Crippen LogP contribution in [-0.4, -0.2) is 33.3 Å². The smallest absolute Gasteiger partial charge is 0.305 e. The Hall–Kier alpha value is -1.40. The molecular weight excluding hydrogens is 350 g/mol. The average molecular weight is 384 g/mol. The topological polar surface area (TPSA) is 72.5 Å². The van der Waals surface area contributed by atoms with Crippen molar-refractivity contribution in [2.75, 3.05) is 18.9 Å². The van der Waals surface area contributed by atoms with E-state index in [1.54, 1.807) is 6.92 Å². The van der Waals surface area contributed by atoms with Crippen molar-refractivity contribution in [3.05, 3.63) is 35.4 Å². The van der Waals surface area contributed by atoms with Gasteiger partial charge in [-0.15, -0.1) is 0 Å². The summed E-state index contributed by atoms with van der Waals surface area (Å²) in [5.74, 6) is 0.429. The number of esters is 1. The highest BCUT2D eigenvalue weighted by atomic mass is 32.2. The molecular formula is C20H33NO4S. The van der Waals surface area contributed by atoms with Crippen LogP contribution >= 0.6 is 0 Å². The molecule has 26 heavy (non-hydrogen) atoms. The van der Waals surface area contributed by atoms with Gasteiger partial charge < -0.3 is 4.74 Å². The first-order valence-electron chi connectivity index (χ1n) is 9.56. The molecule has 0 aromatic heterocycles. The number of aryl methyl sites for hydroxylation is 1. The van der Waals surface area contributed by atoms with Gasteiger partial charge in [0.15, 0.2) is 0 Å². The van der Waals surface area contributed by atoms with Gasteiger partial charge in [-0.1, -0.05) is 51.0 Å². The Morgan fingerprint density at radius 3 is 2.35 bits per heavy atom. The number of hydrogen-bond donors (Lipinski definition) is 1. The van der Waals surface area contributed by atoms with E-state index in [2.05, 4.69) is 30.7 Å². The van der Waals surface area contributed by atoms with Crippen molar-refractivity contribution in [2.45, 2.75) is 65.2 Å². The summed E-state index contributed by atoms with van der Waals surface area (Å²) in [5.41, 5.74) is 2.30. The van der Waals surface area contributed by atoms with Crippen molar-refractivity contribution in [2.24, 2.45) is 0 Å². The third-order valence-corrected chi connectivity index (χ3v) is 5.63. The number of sulfonamides is 1. The van der Waals surface area contributed by atoms with Crippen molar-refractivity contribution < 1.29 is 17.9 Å². The van der Waals surface area contributed by atoms with Crippen LogP contribution in [0.25, 0.3) is 0 Å². The first kappa shape index (κ1) is 22.6. The Balaban J connectivity index is 2.17. The Morgan fingerprint density at radius 1 is 1.08 bits per heavy atom. The van der Waals surface area contributed by atoms with Gasteiger partial charge >= 0.3 is 5.97 Å². The van der Waals surface area contributed by atoms with Crippen molar-refractivity contribution in [1.29, 1.82) is 0 Å². The molecule has 0 aliphatic heterocycles. The van der Waals surface area contributed by atoms with Crippen molar-refractivity contribution >= 4 is 16.0 Å². The first-order chi connectivity index (χ1) is 12.3. The molecule has 0 radical (unpaired) electrons. The normalized spacial score (nSPS) is 11.7. The van der Waals surface area contributed by atoms with Crippen LogP contribution < -0.4 is 4.72 Å². The maximum absolute atomic E-state index is 12.1. The zero-order chi connectivity index (χ0) is 19.4. The van der Waals surface area contributed by atoms with Crippen LogP contribution in [0.5, 0.6) is 0 Å². The number of benzene rings is 1. The van der Waals surface area contributed by atoms with E-state index in [0.29, 0.717) is 31.9 Å². The summed E-state index contributed by atoms with van der Waals surface area (Å²) in [6.45, 7) is 6.95. The predicted octanol–water partition coefficient (Wildman–Crippen LogP) is 3.79. The molecule has 0 saturated carbocycles. The van der Waals surface area contributed by atoms with Crippen LogP contribution in [0.1, 0.15) is 69.9 Å². The molecule has 0 unspecified atom stereocenters. The Kier molecular flexibility index (Phi) is 10.5. The van der Waals surface area contributed by atoms with E-state index in [1.807, 2.05) is 12.1 Å². The third kappa shape index (κ3) is 9.92. The molecule has 0 aliphatic carbocycles. The number of carbonyl (C=O) groups excluding carboxylic acids is 1. The van der Waals surface area contributed by atoms with E-state index >= 15 is 0 Å². The molecule has 1 rings (SSSR count). The summed E-state index contributed by atoms with van der Waals surface area (Å²) in [6, 6.07) is 8.15. The van der Waals surface area contributed by atoms with Gasteiger partial charge in [0.1, 0.15) is 0 Å². The number of nitrogens with one attached hydrogen (secondary N) is 1. The summed E-state index contributed by atoms with van der Waals surface area (Å²) in [5, 5.41) is 0. The molecule has 0 bridgehead atoms. The van der Waals surface area contributed by atoms with Crippen molar-refractivity contribution in [3.63, 3.8) is 0 Å². The fourth-order valence-electron chi connectivity index (χ4n) is 2.60. The van der Waals surface area contributed by atoms with Crippen molar-refractivity contribution in [1.82, 2.24) is 4.72 Å². The molecule has 6 heteroatoms. The molecule has 0 aliphatic rings. The maximum atomic E-state index is 12.1. The Morgan fingerprint density at radius 2 is 1.73 bits per heavy atom. The molecule has 148 valence electrons. The lowest BCUT2D eigenvalue weighted by Crippen LogP contribution is -2.28. The molecule has 0 heterocycles. The molecule has 5 nitrogen and oxygen atoms in total. The lowest BCUT2D eigenvalue weighted by Gasteiger charge is -2.09. The zero-order valence-electron chi connectivity index (χ0n) is 16.3. The monoisotopic (exact) mass is 383 g/mol. The van der Waals surface area contributed by atoms with Gasteiger partial charge in [-0.25, -0.2) is 13.1 Å². The predicted molar refractivity (Wildman–Crippen MR) is 106 cm³/mol. The molecule has 0 atom stereocenters. The van der Waals surface area contributed by atoms with E-state index in [0.717, 1.165) is 31.2 Å².